The van der Waals surface area contributed by atoms with E-state index in [0.717, 1.165) is 16.7 Å². The van der Waals surface area contributed by atoms with Crippen LogP contribution >= 0.6 is 0 Å². The molecular formula is C22H28N2O. The van der Waals surface area contributed by atoms with Crippen LogP contribution in [0.25, 0.3) is 11.1 Å². The molecule has 1 atom stereocenters. The molecule has 1 aliphatic heterocycles. The van der Waals surface area contributed by atoms with E-state index in [1.54, 1.807) is 19.0 Å². The Balaban J connectivity index is 1.78. The van der Waals surface area contributed by atoms with Crippen LogP contribution in [0.1, 0.15) is 48.1 Å². The number of amides is 1. The summed E-state index contributed by atoms with van der Waals surface area (Å²) >= 11 is 0. The van der Waals surface area contributed by atoms with Crippen molar-refractivity contribution >= 4 is 5.91 Å². The second-order valence-corrected chi connectivity index (χ2v) is 7.17. The number of hydrogen-bond donors (Lipinski definition) is 0. The lowest BCUT2D eigenvalue weighted by Gasteiger charge is -2.32. The van der Waals surface area contributed by atoms with Crippen LogP contribution in [0.3, 0.4) is 0 Å². The molecule has 1 heterocycles. The molecule has 0 N–H and O–H groups in total. The first kappa shape index (κ1) is 17.7. The Labute approximate surface area is 151 Å². The van der Waals surface area contributed by atoms with Gasteiger partial charge in [-0.3, -0.25) is 9.69 Å². The molecule has 3 heteroatoms. The second kappa shape index (κ2) is 7.83. The Morgan fingerprint density at radius 3 is 2.28 bits per heavy atom. The summed E-state index contributed by atoms with van der Waals surface area (Å²) in [7, 11) is 3.57. The molecule has 0 radical (unpaired) electrons. The third-order valence-electron chi connectivity index (χ3n) is 5.18. The van der Waals surface area contributed by atoms with Crippen LogP contribution in [0.5, 0.6) is 0 Å². The molecule has 0 bridgehead atoms. The summed E-state index contributed by atoms with van der Waals surface area (Å²) in [4.78, 5) is 16.4. The largest absolute Gasteiger partial charge is 0.345 e. The SMILES string of the molecule is CC(c1ccc(-c2cccc(C(=O)N(C)C)c2)cc1)N1CCCCC1. The highest BCUT2D eigenvalue weighted by Crippen LogP contribution is 2.27. The Bertz CT molecular complexity index is 715. The number of rotatable bonds is 4. The van der Waals surface area contributed by atoms with Crippen LogP contribution in [0, 0.1) is 0 Å². The lowest BCUT2D eigenvalue weighted by atomic mass is 9.98. The molecule has 0 spiro atoms. The number of benzene rings is 2. The normalized spacial score (nSPS) is 16.4. The van der Waals surface area contributed by atoms with Crippen molar-refractivity contribution in [1.29, 1.82) is 0 Å². The lowest BCUT2D eigenvalue weighted by molar-refractivity contribution is 0.0827. The number of hydrogen-bond acceptors (Lipinski definition) is 2. The van der Waals surface area contributed by atoms with E-state index < -0.39 is 0 Å². The summed E-state index contributed by atoms with van der Waals surface area (Å²) < 4.78 is 0. The average Bonchev–Trinajstić information content (AvgIpc) is 2.67. The van der Waals surface area contributed by atoms with Crippen molar-refractivity contribution in [1.82, 2.24) is 9.80 Å². The number of likely N-dealkylation sites (tertiary alicyclic amines) is 1. The smallest absolute Gasteiger partial charge is 0.253 e. The zero-order chi connectivity index (χ0) is 17.8. The van der Waals surface area contributed by atoms with Gasteiger partial charge in [0.1, 0.15) is 0 Å². The van der Waals surface area contributed by atoms with Gasteiger partial charge in [0.25, 0.3) is 5.91 Å². The van der Waals surface area contributed by atoms with E-state index in [4.69, 9.17) is 0 Å². The van der Waals surface area contributed by atoms with Gasteiger partial charge in [0.15, 0.2) is 0 Å². The average molecular weight is 336 g/mol. The van der Waals surface area contributed by atoms with Gasteiger partial charge < -0.3 is 4.90 Å². The van der Waals surface area contributed by atoms with Crippen LogP contribution in [0.15, 0.2) is 48.5 Å². The highest BCUT2D eigenvalue weighted by atomic mass is 16.2. The topological polar surface area (TPSA) is 23.6 Å². The van der Waals surface area contributed by atoms with Crippen LogP contribution in [0.4, 0.5) is 0 Å². The van der Waals surface area contributed by atoms with E-state index in [9.17, 15) is 4.79 Å². The van der Waals surface area contributed by atoms with E-state index in [2.05, 4.69) is 42.2 Å². The van der Waals surface area contributed by atoms with E-state index in [-0.39, 0.29) is 5.91 Å². The molecule has 0 aromatic heterocycles. The molecule has 1 saturated heterocycles. The molecule has 132 valence electrons. The molecule has 3 rings (SSSR count). The Morgan fingerprint density at radius 2 is 1.64 bits per heavy atom. The molecule has 2 aromatic rings. The van der Waals surface area contributed by atoms with Gasteiger partial charge in [0.2, 0.25) is 0 Å². The first-order valence-corrected chi connectivity index (χ1v) is 9.22. The highest BCUT2D eigenvalue weighted by Gasteiger charge is 2.18. The zero-order valence-electron chi connectivity index (χ0n) is 15.5. The summed E-state index contributed by atoms with van der Waals surface area (Å²) in [6.07, 6.45) is 3.99. The Morgan fingerprint density at radius 1 is 0.960 bits per heavy atom. The molecule has 1 unspecified atom stereocenters. The van der Waals surface area contributed by atoms with Gasteiger partial charge in [-0.15, -0.1) is 0 Å². The molecule has 1 amide bonds. The predicted molar refractivity (Wildman–Crippen MR) is 104 cm³/mol. The fraction of sp³-hybridized carbons (Fsp3) is 0.409. The first-order valence-electron chi connectivity index (χ1n) is 9.22. The van der Waals surface area contributed by atoms with E-state index in [0.29, 0.717) is 6.04 Å². The van der Waals surface area contributed by atoms with Gasteiger partial charge in [-0.05, 0) is 61.7 Å². The predicted octanol–water partition coefficient (Wildman–Crippen LogP) is 4.60. The molecule has 25 heavy (non-hydrogen) atoms. The monoisotopic (exact) mass is 336 g/mol. The van der Waals surface area contributed by atoms with Gasteiger partial charge in [0.05, 0.1) is 0 Å². The minimum Gasteiger partial charge on any atom is -0.345 e. The van der Waals surface area contributed by atoms with Crippen LogP contribution in [0.2, 0.25) is 0 Å². The van der Waals surface area contributed by atoms with Crippen LogP contribution < -0.4 is 0 Å². The molecule has 1 fully saturated rings. The molecule has 1 aliphatic rings. The standard InChI is InChI=1S/C22H28N2O/c1-17(24-14-5-4-6-15-24)18-10-12-19(13-11-18)20-8-7-9-21(16-20)22(25)23(2)3/h7-13,16-17H,4-6,14-15H2,1-3H3. The Kier molecular flexibility index (Phi) is 5.54. The molecule has 0 saturated carbocycles. The van der Waals surface area contributed by atoms with Crippen molar-refractivity contribution in [3.8, 4) is 11.1 Å². The van der Waals surface area contributed by atoms with Gasteiger partial charge in [-0.2, -0.15) is 0 Å². The zero-order valence-corrected chi connectivity index (χ0v) is 15.5. The third kappa shape index (κ3) is 4.10. The van der Waals surface area contributed by atoms with Gasteiger partial charge in [0, 0.05) is 25.7 Å². The van der Waals surface area contributed by atoms with Crippen molar-refractivity contribution in [2.75, 3.05) is 27.2 Å². The second-order valence-electron chi connectivity index (χ2n) is 7.17. The number of carbonyl (C=O) groups is 1. The van der Waals surface area contributed by atoms with Crippen molar-refractivity contribution in [2.45, 2.75) is 32.2 Å². The number of piperidine rings is 1. The summed E-state index contributed by atoms with van der Waals surface area (Å²) in [6, 6.07) is 17.2. The first-order chi connectivity index (χ1) is 12.1. The van der Waals surface area contributed by atoms with E-state index in [1.165, 1.54) is 37.9 Å². The van der Waals surface area contributed by atoms with Gasteiger partial charge in [-0.1, -0.05) is 42.8 Å². The van der Waals surface area contributed by atoms with Crippen molar-refractivity contribution < 1.29 is 4.79 Å². The highest BCUT2D eigenvalue weighted by molar-refractivity contribution is 5.95. The van der Waals surface area contributed by atoms with E-state index in [1.807, 2.05) is 18.2 Å². The van der Waals surface area contributed by atoms with Crippen molar-refractivity contribution in [3.05, 3.63) is 59.7 Å². The third-order valence-corrected chi connectivity index (χ3v) is 5.18. The van der Waals surface area contributed by atoms with Crippen LogP contribution in [-0.4, -0.2) is 42.9 Å². The fourth-order valence-corrected chi connectivity index (χ4v) is 3.56. The maximum atomic E-state index is 12.2. The van der Waals surface area contributed by atoms with E-state index >= 15 is 0 Å². The quantitative estimate of drug-likeness (QED) is 0.814. The van der Waals surface area contributed by atoms with Crippen LogP contribution in [-0.2, 0) is 0 Å². The molecule has 3 nitrogen and oxygen atoms in total. The maximum absolute atomic E-state index is 12.2. The molecule has 2 aromatic carbocycles. The fourth-order valence-electron chi connectivity index (χ4n) is 3.56. The number of nitrogens with zero attached hydrogens (tertiary/aromatic N) is 2. The lowest BCUT2D eigenvalue weighted by Crippen LogP contribution is -2.32. The maximum Gasteiger partial charge on any atom is 0.253 e. The molecular weight excluding hydrogens is 308 g/mol. The van der Waals surface area contributed by atoms with Gasteiger partial charge in [-0.25, -0.2) is 0 Å². The minimum atomic E-state index is 0.0391. The summed E-state index contributed by atoms with van der Waals surface area (Å²) in [6.45, 7) is 4.71. The Hall–Kier alpha value is -2.13. The summed E-state index contributed by atoms with van der Waals surface area (Å²) in [5.41, 5.74) is 4.34. The number of carbonyl (C=O) groups excluding carboxylic acids is 1. The summed E-state index contributed by atoms with van der Waals surface area (Å²) in [5, 5.41) is 0. The van der Waals surface area contributed by atoms with Crippen molar-refractivity contribution in [3.63, 3.8) is 0 Å². The van der Waals surface area contributed by atoms with Crippen molar-refractivity contribution in [2.24, 2.45) is 0 Å². The minimum absolute atomic E-state index is 0.0391. The summed E-state index contributed by atoms with van der Waals surface area (Å²) in [5.74, 6) is 0.0391. The molecule has 0 aliphatic carbocycles. The van der Waals surface area contributed by atoms with Gasteiger partial charge >= 0.3 is 0 Å².